The van der Waals surface area contributed by atoms with Crippen molar-refractivity contribution in [1.29, 1.82) is 0 Å². The molecule has 0 aliphatic heterocycles. The van der Waals surface area contributed by atoms with Crippen LogP contribution in [0.4, 0.5) is 0 Å². The monoisotopic (exact) mass is 120 g/mol. The van der Waals surface area contributed by atoms with Gasteiger partial charge >= 0.3 is 0 Å². The first-order valence-corrected chi connectivity index (χ1v) is 2.73. The van der Waals surface area contributed by atoms with Crippen LogP contribution in [0.25, 0.3) is 6.08 Å². The van der Waals surface area contributed by atoms with Crippen molar-refractivity contribution in [2.75, 3.05) is 0 Å². The Bertz CT molecular complexity index is 191. The lowest BCUT2D eigenvalue weighted by atomic mass is 10.3. The van der Waals surface area contributed by atoms with Crippen molar-refractivity contribution in [2.45, 2.75) is 0 Å². The predicted octanol–water partition coefficient (Wildman–Crippen LogP) is 1.01. The normalized spacial score (nSPS) is 10.2. The highest BCUT2D eigenvalue weighted by molar-refractivity contribution is 5.42. The van der Waals surface area contributed by atoms with Crippen molar-refractivity contribution < 1.29 is 0 Å². The molecule has 0 aliphatic rings. The molecule has 1 rings (SSSR count). The predicted molar refractivity (Wildman–Crippen MR) is 37.5 cm³/mol. The zero-order valence-electron chi connectivity index (χ0n) is 4.99. The van der Waals surface area contributed by atoms with Gasteiger partial charge in [0.05, 0.1) is 5.69 Å². The summed E-state index contributed by atoms with van der Waals surface area (Å²) < 4.78 is 0. The molecule has 0 unspecified atom stereocenters. The molecule has 46 valence electrons. The van der Waals surface area contributed by atoms with E-state index in [1.54, 1.807) is 12.3 Å². The Hall–Kier alpha value is -1.31. The Kier molecular flexibility index (Phi) is 1.85. The van der Waals surface area contributed by atoms with Gasteiger partial charge in [0.1, 0.15) is 0 Å². The fraction of sp³-hybridized carbons (Fsp3) is 0. The van der Waals surface area contributed by atoms with E-state index in [0.29, 0.717) is 0 Å². The summed E-state index contributed by atoms with van der Waals surface area (Å²) >= 11 is 0. The quantitative estimate of drug-likeness (QED) is 0.600. The van der Waals surface area contributed by atoms with Crippen LogP contribution in [0.5, 0.6) is 0 Å². The van der Waals surface area contributed by atoms with E-state index >= 15 is 0 Å². The standard InChI is InChI=1S/C7H8N2/c8-5-4-7-3-1-2-6-9-7/h1-6H,8H2/b5-4+. The van der Waals surface area contributed by atoms with Crippen LogP contribution in [0.1, 0.15) is 5.69 Å². The number of rotatable bonds is 1. The van der Waals surface area contributed by atoms with Gasteiger partial charge in [-0.1, -0.05) is 6.07 Å². The first-order valence-electron chi connectivity index (χ1n) is 2.73. The van der Waals surface area contributed by atoms with Gasteiger partial charge in [0.15, 0.2) is 0 Å². The highest BCUT2D eigenvalue weighted by Gasteiger charge is 1.79. The van der Waals surface area contributed by atoms with Gasteiger partial charge in [-0.3, -0.25) is 4.98 Å². The van der Waals surface area contributed by atoms with E-state index in [9.17, 15) is 0 Å². The lowest BCUT2D eigenvalue weighted by molar-refractivity contribution is 1.29. The molecule has 0 bridgehead atoms. The summed E-state index contributed by atoms with van der Waals surface area (Å²) in [6.07, 6.45) is 4.96. The van der Waals surface area contributed by atoms with E-state index in [4.69, 9.17) is 5.73 Å². The van der Waals surface area contributed by atoms with Crippen LogP contribution >= 0.6 is 0 Å². The second-order valence-corrected chi connectivity index (χ2v) is 1.61. The summed E-state index contributed by atoms with van der Waals surface area (Å²) in [6.45, 7) is 0. The smallest absolute Gasteiger partial charge is 0.0643 e. The van der Waals surface area contributed by atoms with Crippen molar-refractivity contribution in [2.24, 2.45) is 5.73 Å². The average molecular weight is 120 g/mol. The number of nitrogens with zero attached hydrogens (tertiary/aromatic N) is 1. The summed E-state index contributed by atoms with van der Waals surface area (Å²) in [5.74, 6) is 0. The molecule has 1 heterocycles. The summed E-state index contributed by atoms with van der Waals surface area (Å²) in [5.41, 5.74) is 6.03. The Morgan fingerprint density at radius 3 is 2.89 bits per heavy atom. The third-order valence-corrected chi connectivity index (χ3v) is 0.955. The fourth-order valence-corrected chi connectivity index (χ4v) is 0.573. The van der Waals surface area contributed by atoms with E-state index in [0.717, 1.165) is 5.69 Å². The molecule has 0 saturated carbocycles. The number of hydrogen-bond donors (Lipinski definition) is 1. The molecule has 2 nitrogen and oxygen atoms in total. The molecule has 1 aromatic rings. The number of aromatic nitrogens is 1. The summed E-state index contributed by atoms with van der Waals surface area (Å²) in [4.78, 5) is 4.00. The summed E-state index contributed by atoms with van der Waals surface area (Å²) in [6, 6.07) is 5.68. The summed E-state index contributed by atoms with van der Waals surface area (Å²) in [5, 5.41) is 0. The molecule has 2 N–H and O–H groups in total. The fourth-order valence-electron chi connectivity index (χ4n) is 0.573. The van der Waals surface area contributed by atoms with Crippen molar-refractivity contribution >= 4 is 6.08 Å². The molecule has 2 heteroatoms. The maximum Gasteiger partial charge on any atom is 0.0643 e. The summed E-state index contributed by atoms with van der Waals surface area (Å²) in [7, 11) is 0. The van der Waals surface area contributed by atoms with Crippen molar-refractivity contribution in [3.63, 3.8) is 0 Å². The Labute approximate surface area is 54.0 Å². The van der Waals surface area contributed by atoms with Crippen molar-refractivity contribution in [3.05, 3.63) is 36.3 Å². The maximum absolute atomic E-state index is 5.14. The van der Waals surface area contributed by atoms with Crippen LogP contribution in [0.15, 0.2) is 30.6 Å². The zero-order chi connectivity index (χ0) is 6.53. The van der Waals surface area contributed by atoms with Crippen LogP contribution in [0, 0.1) is 0 Å². The average Bonchev–Trinajstić information content (AvgIpc) is 1.91. The lowest BCUT2D eigenvalue weighted by Gasteiger charge is -1.86. The SMILES string of the molecule is N/C=C/c1ccccn1. The third-order valence-electron chi connectivity index (χ3n) is 0.955. The Morgan fingerprint density at radius 1 is 1.44 bits per heavy atom. The highest BCUT2D eigenvalue weighted by atomic mass is 14.7. The molecule has 0 atom stereocenters. The van der Waals surface area contributed by atoms with Gasteiger partial charge in [-0.25, -0.2) is 0 Å². The molecular weight excluding hydrogens is 112 g/mol. The Balaban J connectivity index is 2.85. The molecular formula is C7H8N2. The Morgan fingerprint density at radius 2 is 2.33 bits per heavy atom. The lowest BCUT2D eigenvalue weighted by Crippen LogP contribution is -1.79. The molecule has 0 aliphatic carbocycles. The maximum atomic E-state index is 5.14. The minimum absolute atomic E-state index is 0.889. The van der Waals surface area contributed by atoms with Gasteiger partial charge in [-0.15, -0.1) is 0 Å². The second-order valence-electron chi connectivity index (χ2n) is 1.61. The highest BCUT2D eigenvalue weighted by Crippen LogP contribution is 1.93. The zero-order valence-corrected chi connectivity index (χ0v) is 4.99. The van der Waals surface area contributed by atoms with Gasteiger partial charge in [-0.2, -0.15) is 0 Å². The van der Waals surface area contributed by atoms with E-state index in [1.807, 2.05) is 18.2 Å². The molecule has 1 aromatic heterocycles. The number of pyridine rings is 1. The largest absolute Gasteiger partial charge is 0.405 e. The number of hydrogen-bond acceptors (Lipinski definition) is 2. The topological polar surface area (TPSA) is 38.9 Å². The second kappa shape index (κ2) is 2.87. The van der Waals surface area contributed by atoms with E-state index in [1.165, 1.54) is 6.20 Å². The van der Waals surface area contributed by atoms with Gasteiger partial charge in [-0.05, 0) is 24.4 Å². The van der Waals surface area contributed by atoms with Crippen LogP contribution in [0.2, 0.25) is 0 Å². The third kappa shape index (κ3) is 1.57. The first kappa shape index (κ1) is 5.82. The van der Waals surface area contributed by atoms with Gasteiger partial charge in [0.2, 0.25) is 0 Å². The molecule has 0 aromatic carbocycles. The molecule has 0 radical (unpaired) electrons. The van der Waals surface area contributed by atoms with Crippen LogP contribution in [-0.2, 0) is 0 Å². The van der Waals surface area contributed by atoms with E-state index in [-0.39, 0.29) is 0 Å². The molecule has 0 saturated heterocycles. The van der Waals surface area contributed by atoms with Crippen LogP contribution < -0.4 is 5.73 Å². The van der Waals surface area contributed by atoms with Gasteiger partial charge in [0, 0.05) is 6.20 Å². The van der Waals surface area contributed by atoms with Crippen LogP contribution in [-0.4, -0.2) is 4.98 Å². The van der Waals surface area contributed by atoms with Crippen molar-refractivity contribution in [3.8, 4) is 0 Å². The van der Waals surface area contributed by atoms with E-state index in [2.05, 4.69) is 4.98 Å². The minimum Gasteiger partial charge on any atom is -0.405 e. The molecule has 0 spiro atoms. The minimum atomic E-state index is 0.889. The van der Waals surface area contributed by atoms with Gasteiger partial charge < -0.3 is 5.73 Å². The first-order chi connectivity index (χ1) is 4.43. The van der Waals surface area contributed by atoms with Crippen molar-refractivity contribution in [1.82, 2.24) is 4.98 Å². The van der Waals surface area contributed by atoms with E-state index < -0.39 is 0 Å². The van der Waals surface area contributed by atoms with Gasteiger partial charge in [0.25, 0.3) is 0 Å². The van der Waals surface area contributed by atoms with Crippen LogP contribution in [0.3, 0.4) is 0 Å². The molecule has 9 heavy (non-hydrogen) atoms. The molecule has 0 fully saturated rings. The molecule has 0 amide bonds. The number of nitrogens with two attached hydrogens (primary N) is 1.